The molecule has 0 saturated heterocycles. The van der Waals surface area contributed by atoms with Crippen molar-refractivity contribution in [3.63, 3.8) is 0 Å². The molecule has 0 aliphatic carbocycles. The van der Waals surface area contributed by atoms with Crippen molar-refractivity contribution in [3.8, 4) is 5.75 Å². The van der Waals surface area contributed by atoms with Gasteiger partial charge in [0.15, 0.2) is 6.61 Å². The first kappa shape index (κ1) is 21.5. The van der Waals surface area contributed by atoms with E-state index >= 15 is 0 Å². The molecule has 0 aliphatic rings. The summed E-state index contributed by atoms with van der Waals surface area (Å²) in [6.45, 7) is 10.3. The van der Waals surface area contributed by atoms with Crippen LogP contribution in [-0.2, 0) is 16.1 Å². The van der Waals surface area contributed by atoms with Crippen molar-refractivity contribution in [1.82, 2.24) is 10.2 Å². The predicted molar refractivity (Wildman–Crippen MR) is 111 cm³/mol. The Morgan fingerprint density at radius 1 is 1.07 bits per heavy atom. The normalized spacial score (nSPS) is 11.6. The molecule has 1 unspecified atom stereocenters. The Balaban J connectivity index is 2.17. The second-order valence-electron chi connectivity index (χ2n) is 7.14. The average Bonchev–Trinajstić information content (AvgIpc) is 2.66. The van der Waals surface area contributed by atoms with Crippen molar-refractivity contribution in [1.29, 1.82) is 0 Å². The van der Waals surface area contributed by atoms with E-state index in [0.29, 0.717) is 18.8 Å². The molecule has 5 heteroatoms. The van der Waals surface area contributed by atoms with Gasteiger partial charge in [-0.05, 0) is 57.4 Å². The molecule has 0 saturated carbocycles. The highest BCUT2D eigenvalue weighted by atomic mass is 16.5. The number of rotatable bonds is 8. The summed E-state index contributed by atoms with van der Waals surface area (Å²) in [6, 6.07) is 13.3. The van der Waals surface area contributed by atoms with Crippen molar-refractivity contribution in [2.75, 3.05) is 13.2 Å². The number of nitrogens with zero attached hydrogens (tertiary/aromatic N) is 1. The second-order valence-corrected chi connectivity index (χ2v) is 7.14. The van der Waals surface area contributed by atoms with E-state index in [0.717, 1.165) is 22.3 Å². The third-order valence-electron chi connectivity index (χ3n) is 4.65. The maximum Gasteiger partial charge on any atom is 0.261 e. The molecule has 0 aliphatic heterocycles. The van der Waals surface area contributed by atoms with Gasteiger partial charge in [-0.25, -0.2) is 0 Å². The van der Waals surface area contributed by atoms with E-state index < -0.39 is 6.04 Å². The number of aryl methyl sites for hydroxylation is 3. The lowest BCUT2D eigenvalue weighted by atomic mass is 10.1. The Morgan fingerprint density at radius 3 is 2.46 bits per heavy atom. The summed E-state index contributed by atoms with van der Waals surface area (Å²) < 4.78 is 5.79. The lowest BCUT2D eigenvalue weighted by molar-refractivity contribution is -0.142. The van der Waals surface area contributed by atoms with E-state index in [2.05, 4.69) is 5.32 Å². The van der Waals surface area contributed by atoms with Gasteiger partial charge in [-0.1, -0.05) is 42.0 Å². The van der Waals surface area contributed by atoms with Crippen LogP contribution in [0.5, 0.6) is 5.75 Å². The molecule has 2 aromatic rings. The summed E-state index contributed by atoms with van der Waals surface area (Å²) in [5, 5.41) is 2.79. The first-order valence-electron chi connectivity index (χ1n) is 9.64. The Bertz CT molecular complexity index is 832. The van der Waals surface area contributed by atoms with Crippen LogP contribution in [0.2, 0.25) is 0 Å². The minimum Gasteiger partial charge on any atom is -0.483 e. The summed E-state index contributed by atoms with van der Waals surface area (Å²) >= 11 is 0. The van der Waals surface area contributed by atoms with Crippen LogP contribution in [0, 0.1) is 20.8 Å². The molecule has 0 fully saturated rings. The number of benzene rings is 2. The number of ether oxygens (including phenoxy) is 1. The zero-order chi connectivity index (χ0) is 20.7. The van der Waals surface area contributed by atoms with E-state index in [1.165, 1.54) is 0 Å². The van der Waals surface area contributed by atoms with Gasteiger partial charge in [0.1, 0.15) is 11.8 Å². The predicted octanol–water partition coefficient (Wildman–Crippen LogP) is 3.54. The molecule has 150 valence electrons. The minimum absolute atomic E-state index is 0.111. The molecule has 2 aromatic carbocycles. The highest BCUT2D eigenvalue weighted by Crippen LogP contribution is 2.19. The Labute approximate surface area is 167 Å². The van der Waals surface area contributed by atoms with Crippen LogP contribution < -0.4 is 10.1 Å². The first-order chi connectivity index (χ1) is 13.3. The van der Waals surface area contributed by atoms with Gasteiger partial charge >= 0.3 is 0 Å². The van der Waals surface area contributed by atoms with Gasteiger partial charge in [0.25, 0.3) is 5.91 Å². The molecule has 0 spiro atoms. The smallest absolute Gasteiger partial charge is 0.261 e. The molecule has 5 nitrogen and oxygen atoms in total. The fourth-order valence-corrected chi connectivity index (χ4v) is 3.00. The van der Waals surface area contributed by atoms with Gasteiger partial charge in [-0.15, -0.1) is 0 Å². The molecule has 0 bridgehead atoms. The summed E-state index contributed by atoms with van der Waals surface area (Å²) in [6.07, 6.45) is 0. The number of hydrogen-bond donors (Lipinski definition) is 1. The van der Waals surface area contributed by atoms with Crippen LogP contribution in [0.25, 0.3) is 0 Å². The largest absolute Gasteiger partial charge is 0.483 e. The maximum absolute atomic E-state index is 13.0. The second kappa shape index (κ2) is 9.93. The first-order valence-corrected chi connectivity index (χ1v) is 9.64. The van der Waals surface area contributed by atoms with E-state index in [1.807, 2.05) is 70.2 Å². The minimum atomic E-state index is -0.588. The zero-order valence-electron chi connectivity index (χ0n) is 17.4. The molecule has 0 radical (unpaired) electrons. The lowest BCUT2D eigenvalue weighted by Crippen LogP contribution is -2.49. The van der Waals surface area contributed by atoms with Gasteiger partial charge in [-0.3, -0.25) is 9.59 Å². The number of carbonyl (C=O) groups is 2. The Hall–Kier alpha value is -2.82. The van der Waals surface area contributed by atoms with E-state index in [1.54, 1.807) is 11.8 Å². The van der Waals surface area contributed by atoms with Gasteiger partial charge < -0.3 is 15.0 Å². The fourth-order valence-electron chi connectivity index (χ4n) is 3.00. The number of carbonyl (C=O) groups excluding carboxylic acids is 2. The van der Waals surface area contributed by atoms with Crippen LogP contribution >= 0.6 is 0 Å². The van der Waals surface area contributed by atoms with Crippen molar-refractivity contribution < 1.29 is 14.3 Å². The molecule has 2 amide bonds. The standard InChI is InChI=1S/C23H30N2O3/c1-6-24-23(27)19(5)25(14-20-9-7-8-16(2)12-20)22(26)15-28-21-13-17(3)10-11-18(21)4/h7-13,19H,6,14-15H2,1-5H3,(H,24,27). The van der Waals surface area contributed by atoms with E-state index in [4.69, 9.17) is 4.74 Å². The summed E-state index contributed by atoms with van der Waals surface area (Å²) in [4.78, 5) is 26.9. The quantitative estimate of drug-likeness (QED) is 0.760. The molecule has 28 heavy (non-hydrogen) atoms. The van der Waals surface area contributed by atoms with Gasteiger partial charge in [0, 0.05) is 13.1 Å². The number of likely N-dealkylation sites (N-methyl/N-ethyl adjacent to an activating group) is 1. The lowest BCUT2D eigenvalue weighted by Gasteiger charge is -2.29. The molecule has 0 heterocycles. The zero-order valence-corrected chi connectivity index (χ0v) is 17.4. The number of amides is 2. The van der Waals surface area contributed by atoms with Crippen molar-refractivity contribution >= 4 is 11.8 Å². The van der Waals surface area contributed by atoms with Gasteiger partial charge in [0.2, 0.25) is 5.91 Å². The number of nitrogens with one attached hydrogen (secondary N) is 1. The summed E-state index contributed by atoms with van der Waals surface area (Å²) in [5.41, 5.74) is 4.14. The van der Waals surface area contributed by atoms with Crippen molar-refractivity contribution in [2.45, 2.75) is 47.2 Å². The molecule has 0 aromatic heterocycles. The third kappa shape index (κ3) is 5.84. The fraction of sp³-hybridized carbons (Fsp3) is 0.391. The molecular weight excluding hydrogens is 352 g/mol. The van der Waals surface area contributed by atoms with Gasteiger partial charge in [0.05, 0.1) is 0 Å². The molecule has 2 rings (SSSR count). The maximum atomic E-state index is 13.0. The van der Waals surface area contributed by atoms with Crippen LogP contribution in [0.4, 0.5) is 0 Å². The van der Waals surface area contributed by atoms with Crippen LogP contribution in [-0.4, -0.2) is 35.9 Å². The van der Waals surface area contributed by atoms with E-state index in [-0.39, 0.29) is 18.4 Å². The topological polar surface area (TPSA) is 58.6 Å². The average molecular weight is 383 g/mol. The third-order valence-corrected chi connectivity index (χ3v) is 4.65. The summed E-state index contributed by atoms with van der Waals surface area (Å²) in [7, 11) is 0. The van der Waals surface area contributed by atoms with Crippen LogP contribution in [0.1, 0.15) is 36.1 Å². The summed E-state index contributed by atoms with van der Waals surface area (Å²) in [5.74, 6) is 0.297. The Kier molecular flexibility index (Phi) is 7.61. The Morgan fingerprint density at radius 2 is 1.79 bits per heavy atom. The van der Waals surface area contributed by atoms with Gasteiger partial charge in [-0.2, -0.15) is 0 Å². The van der Waals surface area contributed by atoms with E-state index in [9.17, 15) is 9.59 Å². The molecule has 1 N–H and O–H groups in total. The van der Waals surface area contributed by atoms with Crippen LogP contribution in [0.15, 0.2) is 42.5 Å². The molecule has 1 atom stereocenters. The SMILES string of the molecule is CCNC(=O)C(C)N(Cc1cccc(C)c1)C(=O)COc1cc(C)ccc1C. The molecular formula is C23H30N2O3. The van der Waals surface area contributed by atoms with Crippen LogP contribution in [0.3, 0.4) is 0 Å². The van der Waals surface area contributed by atoms with Crippen molar-refractivity contribution in [3.05, 3.63) is 64.7 Å². The highest BCUT2D eigenvalue weighted by molar-refractivity contribution is 5.87. The van der Waals surface area contributed by atoms with Crippen molar-refractivity contribution in [2.24, 2.45) is 0 Å². The highest BCUT2D eigenvalue weighted by Gasteiger charge is 2.26. The number of hydrogen-bond acceptors (Lipinski definition) is 3. The monoisotopic (exact) mass is 382 g/mol.